The Hall–Kier alpha value is -2.81. The van der Waals surface area contributed by atoms with Gasteiger partial charge in [-0.3, -0.25) is 4.79 Å². The standard InChI is InChI=1S/C18H16N2O/c21-18(20-13-14-9-10-19-12-14)17-8-4-7-16(11-17)15-5-2-1-3-6-15/h1-12,19H,13H2,(H,20,21). The molecule has 0 atom stereocenters. The Morgan fingerprint density at radius 2 is 1.76 bits per heavy atom. The second kappa shape index (κ2) is 6.09. The van der Waals surface area contributed by atoms with Crippen LogP contribution >= 0.6 is 0 Å². The summed E-state index contributed by atoms with van der Waals surface area (Å²) in [4.78, 5) is 15.2. The van der Waals surface area contributed by atoms with Crippen LogP contribution in [-0.2, 0) is 6.54 Å². The topological polar surface area (TPSA) is 44.9 Å². The lowest BCUT2D eigenvalue weighted by atomic mass is 10.0. The maximum absolute atomic E-state index is 12.2. The van der Waals surface area contributed by atoms with E-state index in [-0.39, 0.29) is 5.91 Å². The van der Waals surface area contributed by atoms with Gasteiger partial charge in [0.25, 0.3) is 5.91 Å². The lowest BCUT2D eigenvalue weighted by Gasteiger charge is -2.06. The van der Waals surface area contributed by atoms with Crippen molar-refractivity contribution in [3.05, 3.63) is 84.2 Å². The number of rotatable bonds is 4. The molecule has 21 heavy (non-hydrogen) atoms. The number of aromatic nitrogens is 1. The first kappa shape index (κ1) is 13.2. The minimum Gasteiger partial charge on any atom is -0.367 e. The Bertz CT molecular complexity index is 718. The van der Waals surface area contributed by atoms with Gasteiger partial charge in [0.2, 0.25) is 0 Å². The van der Waals surface area contributed by atoms with Gasteiger partial charge >= 0.3 is 0 Å². The highest BCUT2D eigenvalue weighted by Gasteiger charge is 2.07. The average Bonchev–Trinajstić information content (AvgIpc) is 3.07. The van der Waals surface area contributed by atoms with Crippen molar-refractivity contribution >= 4 is 5.91 Å². The van der Waals surface area contributed by atoms with Crippen molar-refractivity contribution in [3.63, 3.8) is 0 Å². The van der Waals surface area contributed by atoms with Crippen LogP contribution in [0.3, 0.4) is 0 Å². The molecule has 3 aromatic rings. The number of carbonyl (C=O) groups excluding carboxylic acids is 1. The molecule has 3 heteroatoms. The molecule has 0 saturated heterocycles. The summed E-state index contributed by atoms with van der Waals surface area (Å²) in [7, 11) is 0. The van der Waals surface area contributed by atoms with Gasteiger partial charge in [-0.15, -0.1) is 0 Å². The maximum Gasteiger partial charge on any atom is 0.251 e. The number of aromatic amines is 1. The third-order valence-electron chi connectivity index (χ3n) is 3.35. The Balaban J connectivity index is 1.75. The van der Waals surface area contributed by atoms with Crippen LogP contribution in [0.2, 0.25) is 0 Å². The van der Waals surface area contributed by atoms with E-state index in [1.807, 2.05) is 73.1 Å². The van der Waals surface area contributed by atoms with Crippen molar-refractivity contribution in [2.45, 2.75) is 6.54 Å². The highest BCUT2D eigenvalue weighted by Crippen LogP contribution is 2.19. The van der Waals surface area contributed by atoms with Gasteiger partial charge in [0.05, 0.1) is 0 Å². The van der Waals surface area contributed by atoms with Crippen molar-refractivity contribution in [1.82, 2.24) is 10.3 Å². The number of carbonyl (C=O) groups is 1. The predicted molar refractivity (Wildman–Crippen MR) is 83.8 cm³/mol. The summed E-state index contributed by atoms with van der Waals surface area (Å²) in [6, 6.07) is 19.7. The second-order valence-corrected chi connectivity index (χ2v) is 4.85. The molecule has 0 spiro atoms. The zero-order valence-electron chi connectivity index (χ0n) is 11.5. The van der Waals surface area contributed by atoms with Crippen LogP contribution in [-0.4, -0.2) is 10.9 Å². The normalized spacial score (nSPS) is 10.3. The zero-order valence-corrected chi connectivity index (χ0v) is 11.5. The summed E-state index contributed by atoms with van der Waals surface area (Å²) >= 11 is 0. The summed E-state index contributed by atoms with van der Waals surface area (Å²) in [5.74, 6) is -0.0611. The second-order valence-electron chi connectivity index (χ2n) is 4.85. The molecule has 0 radical (unpaired) electrons. The quantitative estimate of drug-likeness (QED) is 0.751. The first-order valence-electron chi connectivity index (χ1n) is 6.88. The number of hydrogen-bond donors (Lipinski definition) is 2. The first-order chi connectivity index (χ1) is 10.3. The van der Waals surface area contributed by atoms with Crippen LogP contribution in [0.4, 0.5) is 0 Å². The van der Waals surface area contributed by atoms with Gasteiger partial charge in [0.15, 0.2) is 0 Å². The summed E-state index contributed by atoms with van der Waals surface area (Å²) in [6.07, 6.45) is 3.72. The fourth-order valence-electron chi connectivity index (χ4n) is 2.22. The van der Waals surface area contributed by atoms with E-state index in [1.165, 1.54) is 0 Å². The minimum absolute atomic E-state index is 0.0611. The summed E-state index contributed by atoms with van der Waals surface area (Å²) in [5.41, 5.74) is 3.89. The highest BCUT2D eigenvalue weighted by molar-refractivity contribution is 5.95. The van der Waals surface area contributed by atoms with Gasteiger partial charge in [0.1, 0.15) is 0 Å². The lowest BCUT2D eigenvalue weighted by Crippen LogP contribution is -2.22. The monoisotopic (exact) mass is 276 g/mol. The molecule has 1 amide bonds. The van der Waals surface area contributed by atoms with Crippen molar-refractivity contribution in [1.29, 1.82) is 0 Å². The van der Waals surface area contributed by atoms with Gasteiger partial charge in [-0.2, -0.15) is 0 Å². The van der Waals surface area contributed by atoms with Gasteiger partial charge in [-0.05, 0) is 34.9 Å². The molecule has 2 N–H and O–H groups in total. The fraction of sp³-hybridized carbons (Fsp3) is 0.0556. The van der Waals surface area contributed by atoms with Gasteiger partial charge in [0, 0.05) is 24.5 Å². The maximum atomic E-state index is 12.2. The van der Waals surface area contributed by atoms with Crippen LogP contribution < -0.4 is 5.32 Å². The van der Waals surface area contributed by atoms with Crippen LogP contribution in [0.5, 0.6) is 0 Å². The Morgan fingerprint density at radius 1 is 0.952 bits per heavy atom. The molecule has 0 aliphatic rings. The predicted octanol–water partition coefficient (Wildman–Crippen LogP) is 3.61. The Kier molecular flexibility index (Phi) is 3.83. The molecule has 2 aromatic carbocycles. The summed E-state index contributed by atoms with van der Waals surface area (Å²) < 4.78 is 0. The van der Waals surface area contributed by atoms with E-state index in [1.54, 1.807) is 0 Å². The van der Waals surface area contributed by atoms with Crippen LogP contribution in [0.1, 0.15) is 15.9 Å². The number of benzene rings is 2. The van der Waals surface area contributed by atoms with E-state index < -0.39 is 0 Å². The van der Waals surface area contributed by atoms with E-state index in [2.05, 4.69) is 10.3 Å². The first-order valence-corrected chi connectivity index (χ1v) is 6.88. The fourth-order valence-corrected chi connectivity index (χ4v) is 2.22. The number of amides is 1. The van der Waals surface area contributed by atoms with Crippen LogP contribution in [0, 0.1) is 0 Å². The van der Waals surface area contributed by atoms with Gasteiger partial charge in [-0.1, -0.05) is 42.5 Å². The molecule has 0 bridgehead atoms. The number of nitrogens with one attached hydrogen (secondary N) is 2. The van der Waals surface area contributed by atoms with Crippen molar-refractivity contribution in [2.24, 2.45) is 0 Å². The molecule has 1 aromatic heterocycles. The molecule has 0 aliphatic heterocycles. The molecule has 3 rings (SSSR count). The molecular formula is C18H16N2O. The molecule has 0 unspecified atom stereocenters. The summed E-state index contributed by atoms with van der Waals surface area (Å²) in [6.45, 7) is 0.526. The van der Waals surface area contributed by atoms with Crippen molar-refractivity contribution < 1.29 is 4.79 Å². The van der Waals surface area contributed by atoms with E-state index >= 15 is 0 Å². The van der Waals surface area contributed by atoms with E-state index in [0.717, 1.165) is 16.7 Å². The van der Waals surface area contributed by atoms with E-state index in [0.29, 0.717) is 12.1 Å². The number of H-pyrrole nitrogens is 1. The van der Waals surface area contributed by atoms with Crippen molar-refractivity contribution in [2.75, 3.05) is 0 Å². The van der Waals surface area contributed by atoms with Gasteiger partial charge in [-0.25, -0.2) is 0 Å². The molecular weight excluding hydrogens is 260 g/mol. The minimum atomic E-state index is -0.0611. The van der Waals surface area contributed by atoms with Crippen LogP contribution in [0.25, 0.3) is 11.1 Å². The molecule has 0 saturated carbocycles. The lowest BCUT2D eigenvalue weighted by molar-refractivity contribution is 0.0951. The number of hydrogen-bond acceptors (Lipinski definition) is 1. The third kappa shape index (κ3) is 3.20. The molecule has 0 fully saturated rings. The largest absolute Gasteiger partial charge is 0.367 e. The van der Waals surface area contributed by atoms with Crippen LogP contribution in [0.15, 0.2) is 73.1 Å². The van der Waals surface area contributed by atoms with Crippen molar-refractivity contribution in [3.8, 4) is 11.1 Å². The molecule has 104 valence electrons. The summed E-state index contributed by atoms with van der Waals surface area (Å²) in [5, 5.41) is 2.92. The zero-order chi connectivity index (χ0) is 14.5. The van der Waals surface area contributed by atoms with E-state index in [9.17, 15) is 4.79 Å². The van der Waals surface area contributed by atoms with E-state index in [4.69, 9.17) is 0 Å². The average molecular weight is 276 g/mol. The Morgan fingerprint density at radius 3 is 2.52 bits per heavy atom. The third-order valence-corrected chi connectivity index (χ3v) is 3.35. The smallest absolute Gasteiger partial charge is 0.251 e. The molecule has 3 nitrogen and oxygen atoms in total. The SMILES string of the molecule is O=C(NCc1cc[nH]c1)c1cccc(-c2ccccc2)c1. The molecule has 0 aliphatic carbocycles. The Labute approximate surface area is 123 Å². The van der Waals surface area contributed by atoms with Gasteiger partial charge < -0.3 is 10.3 Å². The molecule has 1 heterocycles. The highest BCUT2D eigenvalue weighted by atomic mass is 16.1.